The second-order valence-corrected chi connectivity index (χ2v) is 3.48. The molecular weight excluding hydrogens is 206 g/mol. The minimum atomic E-state index is 0.568. The molecule has 0 aromatic carbocycles. The summed E-state index contributed by atoms with van der Waals surface area (Å²) in [5.74, 6) is 0. The Morgan fingerprint density at radius 3 is 2.29 bits per heavy atom. The van der Waals surface area contributed by atoms with Crippen LogP contribution in [0, 0.1) is 5.41 Å². The fourth-order valence-corrected chi connectivity index (χ4v) is 1.29. The lowest BCUT2D eigenvalue weighted by molar-refractivity contribution is 1.29. The molecule has 1 heteroatoms. The lowest BCUT2D eigenvalue weighted by Gasteiger charge is -2.05. The Hall–Kier alpha value is -1.89. The van der Waals surface area contributed by atoms with Crippen molar-refractivity contribution in [2.45, 2.75) is 20.3 Å². The van der Waals surface area contributed by atoms with E-state index in [9.17, 15) is 0 Å². The van der Waals surface area contributed by atoms with Gasteiger partial charge in [0.05, 0.1) is 0 Å². The molecule has 0 aromatic rings. The average molecular weight is 227 g/mol. The highest BCUT2D eigenvalue weighted by Crippen LogP contribution is 2.11. The highest BCUT2D eigenvalue weighted by molar-refractivity contribution is 6.02. The van der Waals surface area contributed by atoms with E-state index in [1.54, 1.807) is 12.2 Å². The predicted octanol–water partition coefficient (Wildman–Crippen LogP) is 4.77. The maximum Gasteiger partial charge on any atom is 0.0429 e. The van der Waals surface area contributed by atoms with Gasteiger partial charge in [0.1, 0.15) is 0 Å². The van der Waals surface area contributed by atoms with Crippen molar-refractivity contribution in [2.75, 3.05) is 0 Å². The predicted molar refractivity (Wildman–Crippen MR) is 78.5 cm³/mol. The first kappa shape index (κ1) is 15.1. The van der Waals surface area contributed by atoms with Gasteiger partial charge in [0.2, 0.25) is 0 Å². The maximum atomic E-state index is 8.04. The molecule has 0 fully saturated rings. The molecule has 17 heavy (non-hydrogen) atoms. The summed E-state index contributed by atoms with van der Waals surface area (Å²) in [5, 5.41) is 8.04. The van der Waals surface area contributed by atoms with Crippen LogP contribution in [0.25, 0.3) is 0 Å². The Bertz CT molecular complexity index is 390. The molecule has 1 nitrogen and oxygen atoms in total. The fraction of sp³-hybridized carbons (Fsp3) is 0.188. The quantitative estimate of drug-likeness (QED) is 0.478. The van der Waals surface area contributed by atoms with E-state index in [-0.39, 0.29) is 0 Å². The van der Waals surface area contributed by atoms with Crippen LogP contribution < -0.4 is 0 Å². The Balaban J connectivity index is 4.87. The van der Waals surface area contributed by atoms with Crippen LogP contribution in [0.2, 0.25) is 0 Å². The van der Waals surface area contributed by atoms with Gasteiger partial charge < -0.3 is 5.41 Å². The Labute approximate surface area is 105 Å². The van der Waals surface area contributed by atoms with Crippen molar-refractivity contribution in [1.82, 2.24) is 0 Å². The molecule has 0 heterocycles. The molecule has 0 aliphatic rings. The smallest absolute Gasteiger partial charge is 0.0429 e. The van der Waals surface area contributed by atoms with Gasteiger partial charge >= 0.3 is 0 Å². The van der Waals surface area contributed by atoms with Crippen molar-refractivity contribution in [3.63, 3.8) is 0 Å². The molecule has 0 saturated carbocycles. The lowest BCUT2D eigenvalue weighted by Crippen LogP contribution is -2.00. The first-order chi connectivity index (χ1) is 8.19. The van der Waals surface area contributed by atoms with Crippen LogP contribution in [0.5, 0.6) is 0 Å². The molecule has 0 aliphatic heterocycles. The zero-order valence-corrected chi connectivity index (χ0v) is 10.7. The van der Waals surface area contributed by atoms with E-state index in [1.165, 1.54) is 0 Å². The highest BCUT2D eigenvalue weighted by atomic mass is 14.4. The SMILES string of the molecule is C=C/C=C(\C=C/C)C(=N)C/C(C=C)=C/C=C\C. The maximum absolute atomic E-state index is 8.04. The van der Waals surface area contributed by atoms with E-state index in [1.807, 2.05) is 50.3 Å². The summed E-state index contributed by atoms with van der Waals surface area (Å²) in [6.07, 6.45) is 15.6. The Kier molecular flexibility index (Phi) is 8.31. The molecule has 0 radical (unpaired) electrons. The topological polar surface area (TPSA) is 23.9 Å². The van der Waals surface area contributed by atoms with Gasteiger partial charge in [0.25, 0.3) is 0 Å². The summed E-state index contributed by atoms with van der Waals surface area (Å²) in [4.78, 5) is 0. The summed E-state index contributed by atoms with van der Waals surface area (Å²) < 4.78 is 0. The lowest BCUT2D eigenvalue weighted by atomic mass is 10.0. The van der Waals surface area contributed by atoms with Crippen LogP contribution >= 0.6 is 0 Å². The van der Waals surface area contributed by atoms with E-state index in [2.05, 4.69) is 13.2 Å². The van der Waals surface area contributed by atoms with Crippen molar-refractivity contribution in [1.29, 1.82) is 5.41 Å². The Morgan fingerprint density at radius 1 is 1.12 bits per heavy atom. The van der Waals surface area contributed by atoms with Gasteiger partial charge in [-0.15, -0.1) is 0 Å². The highest BCUT2D eigenvalue weighted by Gasteiger charge is 2.02. The molecule has 0 spiro atoms. The standard InChI is InChI=1S/C16H21N/c1-5-9-12-14(8-4)13-16(17)15(10-6-2)11-7-3/h5-12,17H,2,4,13H2,1,3H3/b9-5-,11-7-,14-12+,15-10+,17-16?. The van der Waals surface area contributed by atoms with Gasteiger partial charge in [-0.1, -0.05) is 61.8 Å². The third-order valence-electron chi connectivity index (χ3n) is 2.14. The minimum Gasteiger partial charge on any atom is -0.304 e. The summed E-state index contributed by atoms with van der Waals surface area (Å²) in [6.45, 7) is 11.3. The molecule has 0 amide bonds. The number of hydrogen-bond donors (Lipinski definition) is 1. The normalized spacial score (nSPS) is 13.3. The van der Waals surface area contributed by atoms with E-state index >= 15 is 0 Å². The number of hydrogen-bond acceptors (Lipinski definition) is 1. The molecule has 0 bridgehead atoms. The molecule has 0 atom stereocenters. The Morgan fingerprint density at radius 2 is 1.82 bits per heavy atom. The molecule has 0 aromatic heterocycles. The van der Waals surface area contributed by atoms with Gasteiger partial charge in [-0.2, -0.15) is 0 Å². The molecular formula is C16H21N. The van der Waals surface area contributed by atoms with E-state index in [4.69, 9.17) is 5.41 Å². The van der Waals surface area contributed by atoms with Crippen LogP contribution in [-0.2, 0) is 0 Å². The van der Waals surface area contributed by atoms with Crippen LogP contribution in [0.1, 0.15) is 20.3 Å². The summed E-state index contributed by atoms with van der Waals surface area (Å²) >= 11 is 0. The fourth-order valence-electron chi connectivity index (χ4n) is 1.29. The largest absolute Gasteiger partial charge is 0.304 e. The summed E-state index contributed by atoms with van der Waals surface area (Å²) in [6, 6.07) is 0. The summed E-state index contributed by atoms with van der Waals surface area (Å²) in [5.41, 5.74) is 2.49. The van der Waals surface area contributed by atoms with E-state index < -0.39 is 0 Å². The van der Waals surface area contributed by atoms with Gasteiger partial charge in [0.15, 0.2) is 0 Å². The van der Waals surface area contributed by atoms with E-state index in [0.717, 1.165) is 11.1 Å². The zero-order valence-electron chi connectivity index (χ0n) is 10.7. The van der Waals surface area contributed by atoms with Crippen molar-refractivity contribution < 1.29 is 0 Å². The van der Waals surface area contributed by atoms with Crippen LogP contribution in [0.3, 0.4) is 0 Å². The first-order valence-corrected chi connectivity index (χ1v) is 5.67. The first-order valence-electron chi connectivity index (χ1n) is 5.67. The molecule has 0 saturated heterocycles. The van der Waals surface area contributed by atoms with Crippen molar-refractivity contribution in [3.05, 3.63) is 72.9 Å². The van der Waals surface area contributed by atoms with Crippen LogP contribution in [0.15, 0.2) is 72.9 Å². The van der Waals surface area contributed by atoms with Gasteiger partial charge in [0, 0.05) is 12.1 Å². The van der Waals surface area contributed by atoms with Crippen molar-refractivity contribution >= 4 is 5.71 Å². The molecule has 0 unspecified atom stereocenters. The second-order valence-electron chi connectivity index (χ2n) is 3.48. The molecule has 0 rings (SSSR count). The third-order valence-corrected chi connectivity index (χ3v) is 2.14. The van der Waals surface area contributed by atoms with Gasteiger partial charge in [-0.05, 0) is 25.0 Å². The minimum absolute atomic E-state index is 0.568. The van der Waals surface area contributed by atoms with Crippen LogP contribution in [0.4, 0.5) is 0 Å². The summed E-state index contributed by atoms with van der Waals surface area (Å²) in [7, 11) is 0. The molecule has 1 N–H and O–H groups in total. The average Bonchev–Trinajstić information content (AvgIpc) is 2.33. The molecule has 0 aliphatic carbocycles. The number of nitrogens with one attached hydrogen (secondary N) is 1. The number of rotatable bonds is 7. The zero-order chi connectivity index (χ0) is 13.1. The van der Waals surface area contributed by atoms with Gasteiger partial charge in [-0.25, -0.2) is 0 Å². The second kappa shape index (κ2) is 9.34. The van der Waals surface area contributed by atoms with Crippen molar-refractivity contribution in [3.8, 4) is 0 Å². The van der Waals surface area contributed by atoms with Crippen molar-refractivity contribution in [2.24, 2.45) is 0 Å². The monoisotopic (exact) mass is 227 g/mol. The number of allylic oxidation sites excluding steroid dienone is 10. The molecule has 90 valence electrons. The van der Waals surface area contributed by atoms with Crippen LogP contribution in [-0.4, -0.2) is 5.71 Å². The van der Waals surface area contributed by atoms with Gasteiger partial charge in [-0.3, -0.25) is 0 Å². The van der Waals surface area contributed by atoms with E-state index in [0.29, 0.717) is 12.1 Å². The third kappa shape index (κ3) is 6.31.